The van der Waals surface area contributed by atoms with E-state index in [0.717, 1.165) is 19.3 Å². The molecule has 0 heterocycles. The van der Waals surface area contributed by atoms with Gasteiger partial charge in [-0.3, -0.25) is 4.79 Å². The van der Waals surface area contributed by atoms with Gasteiger partial charge in [0.15, 0.2) is 11.5 Å². The van der Waals surface area contributed by atoms with Gasteiger partial charge >= 0.3 is 0 Å². The quantitative estimate of drug-likeness (QED) is 0.615. The van der Waals surface area contributed by atoms with Gasteiger partial charge in [-0.25, -0.2) is 8.42 Å². The molecule has 0 radical (unpaired) electrons. The number of amides is 1. The summed E-state index contributed by atoms with van der Waals surface area (Å²) >= 11 is 0. The second-order valence-corrected chi connectivity index (χ2v) is 8.36. The Balaban J connectivity index is 2.04. The predicted octanol–water partition coefficient (Wildman–Crippen LogP) is 3.35. The molecule has 0 spiro atoms. The first kappa shape index (κ1) is 22.7. The molecule has 0 saturated carbocycles. The number of nitrogens with one attached hydrogen (secondary N) is 2. The molecular weight excluding hydrogens is 392 g/mol. The molecule has 158 valence electrons. The number of methoxy groups -OCH3 is 2. The maximum Gasteiger partial charge on any atom is 0.242 e. The predicted molar refractivity (Wildman–Crippen MR) is 113 cm³/mol. The zero-order chi connectivity index (χ0) is 21.4. The third kappa shape index (κ3) is 6.20. The highest BCUT2D eigenvalue weighted by atomic mass is 32.2. The van der Waals surface area contributed by atoms with Crippen LogP contribution in [-0.4, -0.2) is 34.6 Å². The van der Waals surface area contributed by atoms with E-state index in [0.29, 0.717) is 11.4 Å². The minimum atomic E-state index is -3.92. The van der Waals surface area contributed by atoms with E-state index in [1.54, 1.807) is 0 Å². The summed E-state index contributed by atoms with van der Waals surface area (Å²) in [5, 5.41) is 2.73. The Morgan fingerprint density at radius 3 is 2.28 bits per heavy atom. The van der Waals surface area contributed by atoms with E-state index in [1.165, 1.54) is 44.9 Å². The van der Waals surface area contributed by atoms with Crippen molar-refractivity contribution in [2.45, 2.75) is 44.0 Å². The highest BCUT2D eigenvalue weighted by molar-refractivity contribution is 7.89. The normalized spacial score (nSPS) is 12.3. The lowest BCUT2D eigenvalue weighted by molar-refractivity contribution is -0.117. The Morgan fingerprint density at radius 1 is 1.03 bits per heavy atom. The number of sulfonamides is 1. The minimum Gasteiger partial charge on any atom is -0.493 e. The molecule has 7 nitrogen and oxygen atoms in total. The van der Waals surface area contributed by atoms with Crippen LogP contribution in [0.1, 0.15) is 32.3 Å². The highest BCUT2D eigenvalue weighted by Crippen LogP contribution is 2.29. The zero-order valence-corrected chi connectivity index (χ0v) is 18.0. The van der Waals surface area contributed by atoms with E-state index in [-0.39, 0.29) is 10.6 Å². The molecular formula is C21H28N2O5S. The van der Waals surface area contributed by atoms with E-state index in [1.807, 2.05) is 24.3 Å². The number of carbonyl (C=O) groups is 1. The first-order valence-electron chi connectivity index (χ1n) is 9.45. The zero-order valence-electron chi connectivity index (χ0n) is 17.2. The number of ether oxygens (including phenoxy) is 2. The number of anilines is 1. The monoisotopic (exact) mass is 420 g/mol. The van der Waals surface area contributed by atoms with E-state index in [9.17, 15) is 13.2 Å². The molecule has 0 bridgehead atoms. The molecule has 0 aliphatic carbocycles. The number of rotatable bonds is 10. The molecule has 0 saturated heterocycles. The number of aryl methyl sites for hydroxylation is 1. The molecule has 0 aliphatic rings. The Bertz CT molecular complexity index is 927. The van der Waals surface area contributed by atoms with Gasteiger partial charge < -0.3 is 14.8 Å². The van der Waals surface area contributed by atoms with Crippen LogP contribution in [0.2, 0.25) is 0 Å². The second kappa shape index (κ2) is 10.3. The van der Waals surface area contributed by atoms with Crippen molar-refractivity contribution >= 4 is 21.6 Å². The molecule has 1 unspecified atom stereocenters. The van der Waals surface area contributed by atoms with Gasteiger partial charge in [0, 0.05) is 11.8 Å². The van der Waals surface area contributed by atoms with Crippen molar-refractivity contribution in [3.8, 4) is 11.5 Å². The van der Waals surface area contributed by atoms with Gasteiger partial charge in [-0.2, -0.15) is 4.72 Å². The molecule has 1 amide bonds. The SMILES string of the molecule is CCCCc1ccc(NC(=O)C(C)NS(=O)(=O)c2ccc(OC)c(OC)c2)cc1. The van der Waals surface area contributed by atoms with Crippen molar-refractivity contribution in [2.24, 2.45) is 0 Å². The summed E-state index contributed by atoms with van der Waals surface area (Å²) in [4.78, 5) is 12.4. The summed E-state index contributed by atoms with van der Waals surface area (Å²) in [6.45, 7) is 3.63. The number of hydrogen-bond acceptors (Lipinski definition) is 5. The highest BCUT2D eigenvalue weighted by Gasteiger charge is 2.23. The topological polar surface area (TPSA) is 93.7 Å². The second-order valence-electron chi connectivity index (χ2n) is 6.65. The third-order valence-corrected chi connectivity index (χ3v) is 5.97. The van der Waals surface area contributed by atoms with E-state index >= 15 is 0 Å². The standard InChI is InChI=1S/C21H28N2O5S/c1-5-6-7-16-8-10-17(11-9-16)22-21(24)15(2)23-29(25,26)18-12-13-19(27-3)20(14-18)28-4/h8-15,23H,5-7H2,1-4H3,(H,22,24). The molecule has 0 aliphatic heterocycles. The fourth-order valence-corrected chi connectivity index (χ4v) is 3.94. The molecule has 2 aromatic carbocycles. The van der Waals surface area contributed by atoms with Crippen LogP contribution in [0.3, 0.4) is 0 Å². The molecule has 8 heteroatoms. The molecule has 2 N–H and O–H groups in total. The lowest BCUT2D eigenvalue weighted by Gasteiger charge is -2.16. The summed E-state index contributed by atoms with van der Waals surface area (Å²) in [6.07, 6.45) is 3.23. The Labute approximate surface area is 172 Å². The lowest BCUT2D eigenvalue weighted by atomic mass is 10.1. The average molecular weight is 421 g/mol. The third-order valence-electron chi connectivity index (χ3n) is 4.43. The summed E-state index contributed by atoms with van der Waals surface area (Å²) in [6, 6.07) is 10.8. The summed E-state index contributed by atoms with van der Waals surface area (Å²) in [5.74, 6) is 0.255. The van der Waals surface area contributed by atoms with Crippen molar-refractivity contribution in [3.05, 3.63) is 48.0 Å². The fraction of sp³-hybridized carbons (Fsp3) is 0.381. The first-order chi connectivity index (χ1) is 13.8. The first-order valence-corrected chi connectivity index (χ1v) is 10.9. The molecule has 29 heavy (non-hydrogen) atoms. The van der Waals surface area contributed by atoms with Crippen molar-refractivity contribution < 1.29 is 22.7 Å². The number of hydrogen-bond donors (Lipinski definition) is 2. The van der Waals surface area contributed by atoms with Crippen LogP contribution < -0.4 is 19.5 Å². The summed E-state index contributed by atoms with van der Waals surface area (Å²) in [5.41, 5.74) is 1.82. The van der Waals surface area contributed by atoms with Crippen LogP contribution in [0.4, 0.5) is 5.69 Å². The molecule has 1 atom stereocenters. The summed E-state index contributed by atoms with van der Waals surface area (Å²) in [7, 11) is -1.03. The van der Waals surface area contributed by atoms with Gasteiger partial charge in [0.1, 0.15) is 0 Å². The number of unbranched alkanes of at least 4 members (excludes halogenated alkanes) is 1. The van der Waals surface area contributed by atoms with E-state index in [4.69, 9.17) is 9.47 Å². The number of benzene rings is 2. The average Bonchev–Trinajstić information content (AvgIpc) is 2.72. The van der Waals surface area contributed by atoms with Crippen LogP contribution in [-0.2, 0) is 21.2 Å². The van der Waals surface area contributed by atoms with E-state index < -0.39 is 22.0 Å². The van der Waals surface area contributed by atoms with Crippen molar-refractivity contribution in [1.29, 1.82) is 0 Å². The Kier molecular flexibility index (Phi) is 8.04. The van der Waals surface area contributed by atoms with Crippen molar-refractivity contribution in [3.63, 3.8) is 0 Å². The molecule has 0 fully saturated rings. The van der Waals surface area contributed by atoms with Crippen LogP contribution >= 0.6 is 0 Å². The number of carbonyl (C=O) groups excluding carboxylic acids is 1. The van der Waals surface area contributed by atoms with Crippen LogP contribution in [0.5, 0.6) is 11.5 Å². The van der Waals surface area contributed by atoms with Gasteiger partial charge in [-0.15, -0.1) is 0 Å². The van der Waals surface area contributed by atoms with Crippen molar-refractivity contribution in [1.82, 2.24) is 4.72 Å². The van der Waals surface area contributed by atoms with Crippen LogP contribution in [0.15, 0.2) is 47.4 Å². The van der Waals surface area contributed by atoms with Crippen LogP contribution in [0, 0.1) is 0 Å². The molecule has 2 aromatic rings. The van der Waals surface area contributed by atoms with Gasteiger partial charge in [-0.05, 0) is 49.6 Å². The largest absolute Gasteiger partial charge is 0.493 e. The fourth-order valence-electron chi connectivity index (χ4n) is 2.72. The maximum atomic E-state index is 12.6. The van der Waals surface area contributed by atoms with Gasteiger partial charge in [0.05, 0.1) is 25.2 Å². The van der Waals surface area contributed by atoms with Gasteiger partial charge in [0.2, 0.25) is 15.9 Å². The van der Waals surface area contributed by atoms with Gasteiger partial charge in [-0.1, -0.05) is 25.5 Å². The molecule has 2 rings (SSSR count). The minimum absolute atomic E-state index is 0.0184. The smallest absolute Gasteiger partial charge is 0.242 e. The van der Waals surface area contributed by atoms with E-state index in [2.05, 4.69) is 17.0 Å². The Hall–Kier alpha value is -2.58. The van der Waals surface area contributed by atoms with Crippen molar-refractivity contribution in [2.75, 3.05) is 19.5 Å². The Morgan fingerprint density at radius 2 is 1.69 bits per heavy atom. The maximum absolute atomic E-state index is 12.6. The molecule has 0 aromatic heterocycles. The lowest BCUT2D eigenvalue weighted by Crippen LogP contribution is -2.41. The summed E-state index contributed by atoms with van der Waals surface area (Å²) < 4.78 is 37.9. The van der Waals surface area contributed by atoms with Crippen LogP contribution in [0.25, 0.3) is 0 Å². The van der Waals surface area contributed by atoms with Gasteiger partial charge in [0.25, 0.3) is 0 Å².